The molecule has 0 bridgehead atoms. The first-order valence-corrected chi connectivity index (χ1v) is 13.0. The van der Waals surface area contributed by atoms with E-state index in [-0.39, 0.29) is 24.6 Å². The van der Waals surface area contributed by atoms with E-state index in [1.165, 1.54) is 29.5 Å². The number of hydrogen-bond acceptors (Lipinski definition) is 4. The van der Waals surface area contributed by atoms with Gasteiger partial charge in [-0.15, -0.1) is 0 Å². The lowest BCUT2D eigenvalue weighted by molar-refractivity contribution is 0.251. The van der Waals surface area contributed by atoms with E-state index in [0.29, 0.717) is 5.92 Å². The molecule has 2 N–H and O–H groups in total. The molecule has 3 aromatic rings. The Kier molecular flexibility index (Phi) is 8.84. The number of benzene rings is 3. The standard InChI is InChI=1S/C31H40N2O2/c1-4-5-12-23-17-18-28(35-3)27(21-23)33(2)31-26(19-20-34)22-32-30(31)29(24-13-8-6-9-14-24)25-15-10-7-11-16-25/h6-11,13-18,21,26,29-32,34H,4-5,12,19-20,22H2,1-3H3. The molecule has 0 saturated carbocycles. The van der Waals surface area contributed by atoms with Crippen LogP contribution >= 0.6 is 0 Å². The van der Waals surface area contributed by atoms with Crippen LogP contribution in [0, 0.1) is 5.92 Å². The zero-order valence-electron chi connectivity index (χ0n) is 21.4. The Hall–Kier alpha value is -2.82. The van der Waals surface area contributed by atoms with Crippen molar-refractivity contribution in [1.82, 2.24) is 5.32 Å². The summed E-state index contributed by atoms with van der Waals surface area (Å²) in [7, 11) is 3.95. The summed E-state index contributed by atoms with van der Waals surface area (Å²) in [6.45, 7) is 3.31. The van der Waals surface area contributed by atoms with Crippen LogP contribution in [0.2, 0.25) is 0 Å². The molecule has 1 saturated heterocycles. The van der Waals surface area contributed by atoms with E-state index in [0.717, 1.165) is 30.8 Å². The third-order valence-electron chi connectivity index (χ3n) is 7.53. The lowest BCUT2D eigenvalue weighted by Gasteiger charge is -2.39. The van der Waals surface area contributed by atoms with Crippen LogP contribution in [0.15, 0.2) is 78.9 Å². The Morgan fingerprint density at radius 2 is 1.66 bits per heavy atom. The fourth-order valence-electron chi connectivity index (χ4n) is 5.77. The van der Waals surface area contributed by atoms with Crippen LogP contribution in [-0.4, -0.2) is 44.5 Å². The summed E-state index contributed by atoms with van der Waals surface area (Å²) in [6, 6.07) is 28.6. The van der Waals surface area contributed by atoms with Gasteiger partial charge in [-0.25, -0.2) is 0 Å². The van der Waals surface area contributed by atoms with Crippen molar-refractivity contribution in [2.24, 2.45) is 5.92 Å². The first kappa shape index (κ1) is 25.3. The number of unbranched alkanes of at least 4 members (excludes halogenated alkanes) is 1. The number of methoxy groups -OCH3 is 1. The third-order valence-corrected chi connectivity index (χ3v) is 7.53. The van der Waals surface area contributed by atoms with Gasteiger partial charge in [-0.2, -0.15) is 0 Å². The van der Waals surface area contributed by atoms with Gasteiger partial charge in [0.15, 0.2) is 0 Å². The Balaban J connectivity index is 1.77. The molecule has 1 aliphatic rings. The second kappa shape index (κ2) is 12.2. The lowest BCUT2D eigenvalue weighted by atomic mass is 9.79. The van der Waals surface area contributed by atoms with E-state index in [9.17, 15) is 5.11 Å². The first-order chi connectivity index (χ1) is 17.2. The van der Waals surface area contributed by atoms with Crippen molar-refractivity contribution >= 4 is 5.69 Å². The highest BCUT2D eigenvalue weighted by Crippen LogP contribution is 2.40. The maximum absolute atomic E-state index is 9.93. The predicted molar refractivity (Wildman–Crippen MR) is 146 cm³/mol. The number of nitrogens with zero attached hydrogens (tertiary/aromatic N) is 1. The quantitative estimate of drug-likeness (QED) is 0.379. The minimum atomic E-state index is 0.186. The fraction of sp³-hybridized carbons (Fsp3) is 0.419. The largest absolute Gasteiger partial charge is 0.495 e. The van der Waals surface area contributed by atoms with Gasteiger partial charge in [-0.05, 0) is 54.0 Å². The number of ether oxygens (including phenoxy) is 1. The van der Waals surface area contributed by atoms with E-state index in [2.05, 4.69) is 103 Å². The van der Waals surface area contributed by atoms with Gasteiger partial charge in [0.2, 0.25) is 0 Å². The summed E-state index contributed by atoms with van der Waals surface area (Å²) in [5, 5.41) is 13.8. The second-order valence-corrected chi connectivity index (χ2v) is 9.72. The molecule has 1 heterocycles. The van der Waals surface area contributed by atoms with Crippen molar-refractivity contribution in [3.05, 3.63) is 95.6 Å². The van der Waals surface area contributed by atoms with Gasteiger partial charge in [-0.3, -0.25) is 0 Å². The molecule has 3 atom stereocenters. The molecule has 0 amide bonds. The second-order valence-electron chi connectivity index (χ2n) is 9.72. The number of anilines is 1. The van der Waals surface area contributed by atoms with Gasteiger partial charge in [0, 0.05) is 38.2 Å². The molecule has 1 fully saturated rings. The maximum Gasteiger partial charge on any atom is 0.142 e. The average molecular weight is 473 g/mol. The van der Waals surface area contributed by atoms with Crippen LogP contribution in [-0.2, 0) is 6.42 Å². The van der Waals surface area contributed by atoms with Gasteiger partial charge in [-0.1, -0.05) is 80.1 Å². The third kappa shape index (κ3) is 5.71. The first-order valence-electron chi connectivity index (χ1n) is 13.0. The molecule has 0 radical (unpaired) electrons. The van der Waals surface area contributed by atoms with Crippen LogP contribution in [0.3, 0.4) is 0 Å². The molecular formula is C31H40N2O2. The van der Waals surface area contributed by atoms with E-state index in [4.69, 9.17) is 4.74 Å². The SMILES string of the molecule is CCCCc1ccc(OC)c(N(C)C2C(CCO)CNC2C(c2ccccc2)c2ccccc2)c1. The molecule has 0 spiro atoms. The highest BCUT2D eigenvalue weighted by atomic mass is 16.5. The van der Waals surface area contributed by atoms with Gasteiger partial charge < -0.3 is 20.1 Å². The molecule has 1 aliphatic heterocycles. The molecule has 3 aromatic carbocycles. The van der Waals surface area contributed by atoms with Crippen LogP contribution in [0.4, 0.5) is 5.69 Å². The van der Waals surface area contributed by atoms with Crippen molar-refractivity contribution in [3.63, 3.8) is 0 Å². The summed E-state index contributed by atoms with van der Waals surface area (Å²) >= 11 is 0. The highest BCUT2D eigenvalue weighted by molar-refractivity contribution is 5.61. The Morgan fingerprint density at radius 1 is 1.00 bits per heavy atom. The van der Waals surface area contributed by atoms with E-state index < -0.39 is 0 Å². The summed E-state index contributed by atoms with van der Waals surface area (Å²) in [5.41, 5.74) is 5.09. The summed E-state index contributed by atoms with van der Waals surface area (Å²) < 4.78 is 5.83. The number of aliphatic hydroxyl groups is 1. The lowest BCUT2D eigenvalue weighted by Crippen LogP contribution is -2.48. The van der Waals surface area contributed by atoms with Crippen LogP contribution in [0.25, 0.3) is 0 Å². The number of rotatable bonds is 11. The fourth-order valence-corrected chi connectivity index (χ4v) is 5.77. The van der Waals surface area contributed by atoms with Gasteiger partial charge in [0.1, 0.15) is 5.75 Å². The van der Waals surface area contributed by atoms with Crippen molar-refractivity contribution in [2.45, 2.75) is 50.6 Å². The molecule has 4 heteroatoms. The maximum atomic E-state index is 9.93. The predicted octanol–water partition coefficient (Wildman–Crippen LogP) is 5.65. The highest BCUT2D eigenvalue weighted by Gasteiger charge is 2.43. The van der Waals surface area contributed by atoms with Gasteiger partial charge >= 0.3 is 0 Å². The molecule has 35 heavy (non-hydrogen) atoms. The average Bonchev–Trinajstić information content (AvgIpc) is 3.31. The van der Waals surface area contributed by atoms with E-state index >= 15 is 0 Å². The zero-order chi connectivity index (χ0) is 24.6. The smallest absolute Gasteiger partial charge is 0.142 e. The monoisotopic (exact) mass is 472 g/mol. The van der Waals surface area contributed by atoms with Crippen molar-refractivity contribution in [2.75, 3.05) is 32.2 Å². The Bertz CT molecular complexity index is 1000. The summed E-state index contributed by atoms with van der Waals surface area (Å²) in [4.78, 5) is 2.41. The molecule has 3 unspecified atom stereocenters. The number of nitrogens with one attached hydrogen (secondary N) is 1. The van der Waals surface area contributed by atoms with E-state index in [1.807, 2.05) is 0 Å². The molecule has 4 rings (SSSR count). The van der Waals surface area contributed by atoms with Crippen molar-refractivity contribution in [3.8, 4) is 5.75 Å². The van der Waals surface area contributed by atoms with Gasteiger partial charge in [0.25, 0.3) is 0 Å². The normalized spacial score (nSPS) is 19.7. The minimum absolute atomic E-state index is 0.186. The number of hydrogen-bond donors (Lipinski definition) is 2. The number of aliphatic hydroxyl groups excluding tert-OH is 1. The van der Waals surface area contributed by atoms with Crippen molar-refractivity contribution < 1.29 is 9.84 Å². The number of aryl methyl sites for hydroxylation is 1. The molecule has 186 valence electrons. The van der Waals surface area contributed by atoms with Crippen LogP contribution in [0.1, 0.15) is 48.8 Å². The van der Waals surface area contributed by atoms with E-state index in [1.54, 1.807) is 7.11 Å². The van der Waals surface area contributed by atoms with Crippen molar-refractivity contribution in [1.29, 1.82) is 0 Å². The van der Waals surface area contributed by atoms with Gasteiger partial charge in [0.05, 0.1) is 12.8 Å². The minimum Gasteiger partial charge on any atom is -0.495 e. The molecular weight excluding hydrogens is 432 g/mol. The van der Waals surface area contributed by atoms with Crippen LogP contribution in [0.5, 0.6) is 5.75 Å². The molecule has 4 nitrogen and oxygen atoms in total. The topological polar surface area (TPSA) is 44.7 Å². The zero-order valence-corrected chi connectivity index (χ0v) is 21.4. The summed E-state index contributed by atoms with van der Waals surface area (Å²) in [5.74, 6) is 1.42. The van der Waals surface area contributed by atoms with Crippen LogP contribution < -0.4 is 15.0 Å². The molecule has 0 aromatic heterocycles. The Morgan fingerprint density at radius 3 is 2.23 bits per heavy atom. The summed E-state index contributed by atoms with van der Waals surface area (Å²) in [6.07, 6.45) is 4.21. The number of likely N-dealkylation sites (N-methyl/N-ethyl adjacent to an activating group) is 1. The Labute approximate surface area is 211 Å². The molecule has 0 aliphatic carbocycles.